The number of carbonyl (C=O) groups is 1. The Bertz CT molecular complexity index is 1200. The lowest BCUT2D eigenvalue weighted by Crippen LogP contribution is -2.13. The number of nitrogens with zero attached hydrogens (tertiary/aromatic N) is 2. The fourth-order valence-corrected chi connectivity index (χ4v) is 2.70. The molecule has 0 aliphatic rings. The summed E-state index contributed by atoms with van der Waals surface area (Å²) in [5.41, 5.74) is 1.04. The number of anilines is 1. The summed E-state index contributed by atoms with van der Waals surface area (Å²) in [7, 11) is 0. The van der Waals surface area contributed by atoms with Gasteiger partial charge in [-0.2, -0.15) is 5.26 Å². The molecule has 3 aromatic rings. The normalized spacial score (nSPS) is 10.8. The zero-order valence-corrected chi connectivity index (χ0v) is 16.1. The van der Waals surface area contributed by atoms with Gasteiger partial charge in [-0.3, -0.25) is 14.9 Å². The Labute approximate surface area is 177 Å². The number of benzene rings is 3. The number of non-ortho nitro benzene ring substituents is 1. The highest BCUT2D eigenvalue weighted by molar-refractivity contribution is 6.09. The largest absolute Gasteiger partial charge is 0.489 e. The molecule has 7 nitrogen and oxygen atoms in total. The zero-order valence-electron chi connectivity index (χ0n) is 16.1. The second kappa shape index (κ2) is 9.80. The molecule has 154 valence electrons. The number of halogens is 1. The highest BCUT2D eigenvalue weighted by Gasteiger charge is 2.12. The van der Waals surface area contributed by atoms with Gasteiger partial charge in [0, 0.05) is 17.8 Å². The maximum absolute atomic E-state index is 13.3. The summed E-state index contributed by atoms with van der Waals surface area (Å²) >= 11 is 0. The zero-order chi connectivity index (χ0) is 22.2. The fraction of sp³-hybridized carbons (Fsp3) is 0.0435. The second-order valence-electron chi connectivity index (χ2n) is 6.42. The third-order valence-electron chi connectivity index (χ3n) is 4.14. The van der Waals surface area contributed by atoms with Crippen LogP contribution in [0.15, 0.2) is 78.4 Å². The van der Waals surface area contributed by atoms with Crippen LogP contribution in [0.4, 0.5) is 15.8 Å². The van der Waals surface area contributed by atoms with E-state index >= 15 is 0 Å². The first-order valence-corrected chi connectivity index (χ1v) is 9.09. The van der Waals surface area contributed by atoms with Crippen molar-refractivity contribution in [2.75, 3.05) is 5.32 Å². The maximum Gasteiger partial charge on any atom is 0.271 e. The van der Waals surface area contributed by atoms with Gasteiger partial charge < -0.3 is 10.1 Å². The van der Waals surface area contributed by atoms with Crippen LogP contribution in [0.5, 0.6) is 5.75 Å². The molecular weight excluding hydrogens is 401 g/mol. The summed E-state index contributed by atoms with van der Waals surface area (Å²) < 4.78 is 18.9. The minimum absolute atomic E-state index is 0.156. The average molecular weight is 417 g/mol. The lowest BCUT2D eigenvalue weighted by atomic mass is 10.1. The molecule has 3 rings (SSSR count). The van der Waals surface area contributed by atoms with Crippen LogP contribution in [-0.2, 0) is 11.4 Å². The monoisotopic (exact) mass is 417 g/mol. The Morgan fingerprint density at radius 2 is 1.90 bits per heavy atom. The molecule has 0 atom stereocenters. The van der Waals surface area contributed by atoms with E-state index in [1.54, 1.807) is 36.4 Å². The SMILES string of the molecule is N#C/C(=C/c1cccc(OCc2cccc(F)c2)c1)C(=O)Nc1cccc([N+](=O)[O-])c1. The van der Waals surface area contributed by atoms with Gasteiger partial charge in [0.15, 0.2) is 0 Å². The van der Waals surface area contributed by atoms with Crippen molar-refractivity contribution < 1.29 is 18.8 Å². The first-order valence-electron chi connectivity index (χ1n) is 9.09. The van der Waals surface area contributed by atoms with Gasteiger partial charge in [0.25, 0.3) is 11.6 Å². The van der Waals surface area contributed by atoms with Crippen molar-refractivity contribution in [1.82, 2.24) is 0 Å². The van der Waals surface area contributed by atoms with Crippen molar-refractivity contribution in [3.8, 4) is 11.8 Å². The Kier molecular flexibility index (Phi) is 6.71. The number of carbonyl (C=O) groups excluding carboxylic acids is 1. The smallest absolute Gasteiger partial charge is 0.271 e. The van der Waals surface area contributed by atoms with Crippen LogP contribution in [-0.4, -0.2) is 10.8 Å². The number of hydrogen-bond acceptors (Lipinski definition) is 5. The van der Waals surface area contributed by atoms with Crippen LogP contribution in [0.2, 0.25) is 0 Å². The Hall–Kier alpha value is -4.51. The highest BCUT2D eigenvalue weighted by Crippen LogP contribution is 2.20. The number of nitrogens with one attached hydrogen (secondary N) is 1. The molecule has 1 N–H and O–H groups in total. The van der Waals surface area contributed by atoms with Gasteiger partial charge in [0.05, 0.1) is 4.92 Å². The number of ether oxygens (including phenoxy) is 1. The molecule has 0 aliphatic carbocycles. The third-order valence-corrected chi connectivity index (χ3v) is 4.14. The summed E-state index contributed by atoms with van der Waals surface area (Å²) in [6.45, 7) is 0.156. The number of nitro benzene ring substituents is 1. The standard InChI is InChI=1S/C23H16FN3O4/c24-19-6-1-5-17(11-19)15-31-22-9-2-4-16(12-22)10-18(14-25)23(28)26-20-7-3-8-21(13-20)27(29)30/h1-13H,15H2,(H,26,28)/b18-10-. The Balaban J connectivity index is 1.72. The molecule has 0 heterocycles. The number of nitriles is 1. The van der Waals surface area contributed by atoms with E-state index in [4.69, 9.17) is 4.74 Å². The van der Waals surface area contributed by atoms with Gasteiger partial charge in [-0.15, -0.1) is 0 Å². The summed E-state index contributed by atoms with van der Waals surface area (Å²) in [5.74, 6) is -0.574. The molecule has 3 aromatic carbocycles. The molecule has 0 saturated heterocycles. The number of hydrogen-bond donors (Lipinski definition) is 1. The number of amides is 1. The summed E-state index contributed by atoms with van der Waals surface area (Å²) in [5, 5.41) is 22.7. The van der Waals surface area contributed by atoms with E-state index in [1.807, 2.05) is 6.07 Å². The Morgan fingerprint density at radius 3 is 2.65 bits per heavy atom. The molecule has 0 aromatic heterocycles. The topological polar surface area (TPSA) is 105 Å². The van der Waals surface area contributed by atoms with Crippen molar-refractivity contribution in [1.29, 1.82) is 5.26 Å². The van der Waals surface area contributed by atoms with Gasteiger partial charge in [0.2, 0.25) is 0 Å². The predicted molar refractivity (Wildman–Crippen MR) is 112 cm³/mol. The van der Waals surface area contributed by atoms with E-state index in [-0.39, 0.29) is 29.4 Å². The van der Waals surface area contributed by atoms with E-state index in [0.29, 0.717) is 16.9 Å². The van der Waals surface area contributed by atoms with Crippen LogP contribution < -0.4 is 10.1 Å². The van der Waals surface area contributed by atoms with E-state index in [2.05, 4.69) is 5.32 Å². The van der Waals surface area contributed by atoms with Gasteiger partial charge in [-0.25, -0.2) is 4.39 Å². The van der Waals surface area contributed by atoms with E-state index < -0.39 is 10.8 Å². The van der Waals surface area contributed by atoms with Gasteiger partial charge >= 0.3 is 0 Å². The van der Waals surface area contributed by atoms with Gasteiger partial charge in [0.1, 0.15) is 29.8 Å². The van der Waals surface area contributed by atoms with Crippen molar-refractivity contribution >= 4 is 23.4 Å². The maximum atomic E-state index is 13.3. The number of nitro groups is 1. The van der Waals surface area contributed by atoms with Crippen LogP contribution >= 0.6 is 0 Å². The molecule has 0 spiro atoms. The Morgan fingerprint density at radius 1 is 1.13 bits per heavy atom. The molecule has 0 unspecified atom stereocenters. The molecule has 1 amide bonds. The predicted octanol–water partition coefficient (Wildman–Crippen LogP) is 4.86. The molecule has 8 heteroatoms. The van der Waals surface area contributed by atoms with E-state index in [9.17, 15) is 24.6 Å². The van der Waals surface area contributed by atoms with Crippen LogP contribution in [0, 0.1) is 27.3 Å². The minimum atomic E-state index is -0.700. The molecule has 0 saturated carbocycles. The molecular formula is C23H16FN3O4. The summed E-state index contributed by atoms with van der Waals surface area (Å²) in [4.78, 5) is 22.7. The van der Waals surface area contributed by atoms with Crippen LogP contribution in [0.1, 0.15) is 11.1 Å². The third kappa shape index (κ3) is 5.98. The first-order chi connectivity index (χ1) is 14.9. The van der Waals surface area contributed by atoms with Crippen molar-refractivity contribution in [3.63, 3.8) is 0 Å². The quantitative estimate of drug-likeness (QED) is 0.256. The molecule has 0 radical (unpaired) electrons. The lowest BCUT2D eigenvalue weighted by molar-refractivity contribution is -0.384. The van der Waals surface area contributed by atoms with E-state index in [0.717, 1.165) is 0 Å². The molecule has 0 aliphatic heterocycles. The van der Waals surface area contributed by atoms with Gasteiger partial charge in [-0.1, -0.05) is 30.3 Å². The highest BCUT2D eigenvalue weighted by atomic mass is 19.1. The minimum Gasteiger partial charge on any atom is -0.489 e. The number of rotatable bonds is 7. The van der Waals surface area contributed by atoms with Crippen LogP contribution in [0.3, 0.4) is 0 Å². The molecule has 0 bridgehead atoms. The summed E-state index contributed by atoms with van der Waals surface area (Å²) in [6.07, 6.45) is 1.38. The van der Waals surface area contributed by atoms with Crippen molar-refractivity contribution in [3.05, 3.63) is 105 Å². The summed E-state index contributed by atoms with van der Waals surface area (Å²) in [6, 6.07) is 20.0. The van der Waals surface area contributed by atoms with Crippen molar-refractivity contribution in [2.24, 2.45) is 0 Å². The average Bonchev–Trinajstić information content (AvgIpc) is 2.76. The lowest BCUT2D eigenvalue weighted by Gasteiger charge is -2.08. The van der Waals surface area contributed by atoms with E-state index in [1.165, 1.54) is 42.5 Å². The van der Waals surface area contributed by atoms with Crippen LogP contribution in [0.25, 0.3) is 6.08 Å². The molecule has 0 fully saturated rings. The van der Waals surface area contributed by atoms with Gasteiger partial charge in [-0.05, 0) is 47.5 Å². The fourth-order valence-electron chi connectivity index (χ4n) is 2.70. The second-order valence-corrected chi connectivity index (χ2v) is 6.42. The molecule has 31 heavy (non-hydrogen) atoms. The first kappa shape index (κ1) is 21.2. The van der Waals surface area contributed by atoms with Crippen molar-refractivity contribution in [2.45, 2.75) is 6.61 Å².